The Morgan fingerprint density at radius 2 is 1.45 bits per heavy atom. The van der Waals surface area contributed by atoms with Gasteiger partial charge < -0.3 is 5.32 Å². The summed E-state index contributed by atoms with van der Waals surface area (Å²) in [6, 6.07) is 10.2. The van der Waals surface area contributed by atoms with E-state index in [2.05, 4.69) is 10.0 Å². The predicted octanol–water partition coefficient (Wildman–Crippen LogP) is 6.04. The van der Waals surface area contributed by atoms with Crippen LogP contribution in [0.25, 0.3) is 0 Å². The molecule has 0 aliphatic carbocycles. The normalized spacial score (nSPS) is 12.2. The second-order valence-corrected chi connectivity index (χ2v) is 9.98. The summed E-state index contributed by atoms with van der Waals surface area (Å²) in [5.74, 6) is 0. The van der Waals surface area contributed by atoms with E-state index in [-0.39, 0.29) is 41.5 Å². The maximum atomic E-state index is 13.3. The molecule has 0 unspecified atom stereocenters. The van der Waals surface area contributed by atoms with Gasteiger partial charge in [-0.25, -0.2) is 17.9 Å². The summed E-state index contributed by atoms with van der Waals surface area (Å²) >= 11 is 0. The molecule has 3 rings (SSSR count). The summed E-state index contributed by atoms with van der Waals surface area (Å²) < 4.78 is 106. The molecule has 0 aliphatic heterocycles. The lowest BCUT2D eigenvalue weighted by atomic mass is 10.1. The molecule has 214 valence electrons. The van der Waals surface area contributed by atoms with Crippen LogP contribution in [0.4, 0.5) is 48.2 Å². The average molecular weight is 591 g/mol. The SMILES string of the molecule is O=C(Nc1cccc(C(F)(F)F)c1)N(CCCNS(=O)(=O)c1ccc([N+](=O)[O-])cc1)c1cccc(C(F)(F)F)c1. The van der Waals surface area contributed by atoms with E-state index in [4.69, 9.17) is 0 Å². The maximum absolute atomic E-state index is 13.3. The second kappa shape index (κ2) is 11.9. The topological polar surface area (TPSA) is 122 Å². The Morgan fingerprint density at radius 1 is 0.875 bits per heavy atom. The molecule has 0 radical (unpaired) electrons. The minimum Gasteiger partial charge on any atom is -0.308 e. The monoisotopic (exact) mass is 590 g/mol. The number of amides is 2. The van der Waals surface area contributed by atoms with Gasteiger partial charge in [0.1, 0.15) is 0 Å². The van der Waals surface area contributed by atoms with Crippen LogP contribution in [-0.4, -0.2) is 32.5 Å². The van der Waals surface area contributed by atoms with Gasteiger partial charge >= 0.3 is 18.4 Å². The van der Waals surface area contributed by atoms with Crippen molar-refractivity contribution in [2.75, 3.05) is 23.3 Å². The highest BCUT2D eigenvalue weighted by Gasteiger charge is 2.32. The molecule has 0 spiro atoms. The Hall–Kier alpha value is -4.18. The molecule has 0 saturated heterocycles. The van der Waals surface area contributed by atoms with Crippen LogP contribution in [0.5, 0.6) is 0 Å². The minimum atomic E-state index is -4.75. The molecule has 9 nitrogen and oxygen atoms in total. The van der Waals surface area contributed by atoms with Crippen LogP contribution in [0.1, 0.15) is 17.5 Å². The lowest BCUT2D eigenvalue weighted by Gasteiger charge is -2.24. The molecule has 0 heterocycles. The van der Waals surface area contributed by atoms with Gasteiger partial charge in [-0.1, -0.05) is 12.1 Å². The zero-order valence-corrected chi connectivity index (χ0v) is 21.0. The van der Waals surface area contributed by atoms with E-state index in [0.717, 1.165) is 59.5 Å². The number of anilines is 2. The zero-order chi connectivity index (χ0) is 29.7. The third-order valence-electron chi connectivity index (χ3n) is 5.38. The number of non-ortho nitro benzene ring substituents is 1. The molecule has 0 bridgehead atoms. The van der Waals surface area contributed by atoms with Crippen molar-refractivity contribution in [3.8, 4) is 0 Å². The fraction of sp³-hybridized carbons (Fsp3) is 0.208. The molecule has 0 saturated carbocycles. The van der Waals surface area contributed by atoms with Crippen molar-refractivity contribution in [3.63, 3.8) is 0 Å². The molecular weight excluding hydrogens is 570 g/mol. The van der Waals surface area contributed by atoms with Gasteiger partial charge in [0, 0.05) is 36.6 Å². The lowest BCUT2D eigenvalue weighted by molar-refractivity contribution is -0.384. The largest absolute Gasteiger partial charge is 0.416 e. The number of rotatable bonds is 9. The fourth-order valence-corrected chi connectivity index (χ4v) is 4.51. The minimum absolute atomic E-state index is 0.127. The number of nitro benzene ring substituents is 1. The molecular formula is C24H20F6N4O5S. The van der Waals surface area contributed by atoms with Crippen molar-refractivity contribution in [3.05, 3.63) is 94.0 Å². The molecule has 3 aromatic rings. The van der Waals surface area contributed by atoms with Crippen LogP contribution in [0.3, 0.4) is 0 Å². The highest BCUT2D eigenvalue weighted by Crippen LogP contribution is 2.33. The fourth-order valence-electron chi connectivity index (χ4n) is 3.44. The maximum Gasteiger partial charge on any atom is 0.416 e. The highest BCUT2D eigenvalue weighted by molar-refractivity contribution is 7.89. The van der Waals surface area contributed by atoms with Crippen molar-refractivity contribution in [1.29, 1.82) is 0 Å². The first-order chi connectivity index (χ1) is 18.6. The van der Waals surface area contributed by atoms with Crippen LogP contribution in [-0.2, 0) is 22.4 Å². The van der Waals surface area contributed by atoms with Gasteiger partial charge in [0.2, 0.25) is 10.0 Å². The number of carbonyl (C=O) groups is 1. The van der Waals surface area contributed by atoms with Gasteiger partial charge in [-0.2, -0.15) is 26.3 Å². The van der Waals surface area contributed by atoms with Crippen LogP contribution >= 0.6 is 0 Å². The molecule has 0 atom stereocenters. The van der Waals surface area contributed by atoms with Gasteiger partial charge in [-0.05, 0) is 55.0 Å². The Bertz CT molecular complexity index is 1480. The van der Waals surface area contributed by atoms with Crippen LogP contribution in [0.2, 0.25) is 0 Å². The first kappa shape index (κ1) is 30.4. The Labute approximate surface area is 223 Å². The van der Waals surface area contributed by atoms with Crippen molar-refractivity contribution in [2.24, 2.45) is 0 Å². The number of nitrogens with zero attached hydrogens (tertiary/aromatic N) is 2. The average Bonchev–Trinajstić information content (AvgIpc) is 2.88. The number of carbonyl (C=O) groups excluding carboxylic acids is 1. The molecule has 2 amide bonds. The Morgan fingerprint density at radius 3 is 2.02 bits per heavy atom. The molecule has 0 fully saturated rings. The van der Waals surface area contributed by atoms with E-state index in [1.165, 1.54) is 6.07 Å². The highest BCUT2D eigenvalue weighted by atomic mass is 32.2. The Balaban J connectivity index is 1.78. The first-order valence-corrected chi connectivity index (χ1v) is 12.7. The quantitative estimate of drug-likeness (QED) is 0.136. The van der Waals surface area contributed by atoms with E-state index in [1.54, 1.807) is 0 Å². The van der Waals surface area contributed by atoms with E-state index in [9.17, 15) is 49.7 Å². The standard InChI is InChI=1S/C24H20F6N4O5S/c25-23(26,27)16-4-1-6-18(14-16)32-22(35)33(20-7-2-5-17(15-20)24(28,29)30)13-3-12-31-40(38,39)21-10-8-19(9-11-21)34(36)37/h1-2,4-11,14-15,31H,3,12-13H2,(H,32,35). The smallest absolute Gasteiger partial charge is 0.308 e. The van der Waals surface area contributed by atoms with Crippen LogP contribution in [0, 0.1) is 10.1 Å². The number of urea groups is 1. The number of alkyl halides is 6. The van der Waals surface area contributed by atoms with Crippen molar-refractivity contribution < 1.29 is 44.5 Å². The lowest BCUT2D eigenvalue weighted by Crippen LogP contribution is -2.37. The van der Waals surface area contributed by atoms with E-state index in [0.29, 0.717) is 12.1 Å². The summed E-state index contributed by atoms with van der Waals surface area (Å²) in [4.78, 5) is 23.6. The number of hydrogen-bond acceptors (Lipinski definition) is 5. The molecule has 3 aromatic carbocycles. The number of sulfonamides is 1. The Kier molecular flexibility index (Phi) is 9.04. The van der Waals surface area contributed by atoms with Crippen molar-refractivity contribution in [2.45, 2.75) is 23.7 Å². The summed E-state index contributed by atoms with van der Waals surface area (Å²) in [5, 5.41) is 13.0. The van der Waals surface area contributed by atoms with E-state index in [1.807, 2.05) is 0 Å². The number of nitro groups is 1. The van der Waals surface area contributed by atoms with Crippen LogP contribution < -0.4 is 14.9 Å². The number of nitrogens with one attached hydrogen (secondary N) is 2. The zero-order valence-electron chi connectivity index (χ0n) is 20.2. The van der Waals surface area contributed by atoms with Crippen molar-refractivity contribution in [1.82, 2.24) is 4.72 Å². The second-order valence-electron chi connectivity index (χ2n) is 8.21. The van der Waals surface area contributed by atoms with E-state index < -0.39 is 44.5 Å². The molecule has 0 aromatic heterocycles. The summed E-state index contributed by atoms with van der Waals surface area (Å²) in [6.45, 7) is -0.638. The number of benzene rings is 3. The molecule has 16 heteroatoms. The predicted molar refractivity (Wildman–Crippen MR) is 132 cm³/mol. The number of halogens is 6. The van der Waals surface area contributed by atoms with Gasteiger partial charge in [-0.15, -0.1) is 0 Å². The van der Waals surface area contributed by atoms with Gasteiger partial charge in [0.15, 0.2) is 0 Å². The van der Waals surface area contributed by atoms with Crippen molar-refractivity contribution >= 4 is 33.1 Å². The molecule has 2 N–H and O–H groups in total. The van der Waals surface area contributed by atoms with E-state index >= 15 is 0 Å². The van der Waals surface area contributed by atoms with Gasteiger partial charge in [0.05, 0.1) is 20.9 Å². The first-order valence-electron chi connectivity index (χ1n) is 11.2. The third kappa shape index (κ3) is 7.92. The summed E-state index contributed by atoms with van der Waals surface area (Å²) in [7, 11) is -4.13. The molecule has 0 aliphatic rings. The van der Waals surface area contributed by atoms with Gasteiger partial charge in [0.25, 0.3) is 5.69 Å². The van der Waals surface area contributed by atoms with Gasteiger partial charge in [-0.3, -0.25) is 15.0 Å². The van der Waals surface area contributed by atoms with Crippen LogP contribution in [0.15, 0.2) is 77.7 Å². The summed E-state index contributed by atoms with van der Waals surface area (Å²) in [6.07, 6.45) is -9.58. The molecule has 40 heavy (non-hydrogen) atoms. The third-order valence-corrected chi connectivity index (χ3v) is 6.86. The number of hydrogen-bond donors (Lipinski definition) is 2. The summed E-state index contributed by atoms with van der Waals surface area (Å²) in [5.41, 5.74) is -2.98.